The van der Waals surface area contributed by atoms with Crippen molar-refractivity contribution < 1.29 is 9.53 Å². The maximum Gasteiger partial charge on any atom is 0.255 e. The summed E-state index contributed by atoms with van der Waals surface area (Å²) in [6.07, 6.45) is 3.68. The molecule has 23 heavy (non-hydrogen) atoms. The third kappa shape index (κ3) is 4.71. The normalized spacial score (nSPS) is 10.2. The number of nitrogens with zero attached hydrogens (tertiary/aromatic N) is 2. The minimum Gasteiger partial charge on any atom is -0.497 e. The lowest BCUT2D eigenvalue weighted by atomic mass is 10.2. The van der Waals surface area contributed by atoms with Gasteiger partial charge in [-0.2, -0.15) is 0 Å². The first-order valence-corrected chi connectivity index (χ1v) is 7.76. The van der Waals surface area contributed by atoms with Crippen LogP contribution in [0, 0.1) is 0 Å². The predicted octanol–water partition coefficient (Wildman–Crippen LogP) is 3.71. The number of aromatic nitrogens is 1. The zero-order valence-electron chi connectivity index (χ0n) is 13.9. The molecule has 0 saturated carbocycles. The predicted molar refractivity (Wildman–Crippen MR) is 92.4 cm³/mol. The molecule has 0 unspecified atom stereocenters. The molecule has 5 heteroatoms. The van der Waals surface area contributed by atoms with E-state index in [4.69, 9.17) is 4.74 Å². The van der Waals surface area contributed by atoms with Gasteiger partial charge < -0.3 is 15.0 Å². The summed E-state index contributed by atoms with van der Waals surface area (Å²) in [5.74, 6) is 1.50. The van der Waals surface area contributed by atoms with Gasteiger partial charge in [-0.15, -0.1) is 0 Å². The molecule has 1 aromatic carbocycles. The molecule has 5 nitrogen and oxygen atoms in total. The van der Waals surface area contributed by atoms with E-state index in [-0.39, 0.29) is 5.91 Å². The first-order valence-electron chi connectivity index (χ1n) is 7.76. The molecule has 0 spiro atoms. The maximum atomic E-state index is 12.2. The van der Waals surface area contributed by atoms with Gasteiger partial charge in [0.1, 0.15) is 11.6 Å². The topological polar surface area (TPSA) is 54.5 Å². The maximum absolute atomic E-state index is 12.2. The Morgan fingerprint density at radius 1 is 1.22 bits per heavy atom. The molecule has 2 aromatic rings. The minimum atomic E-state index is 0.00180. The van der Waals surface area contributed by atoms with E-state index in [1.54, 1.807) is 24.3 Å². The third-order valence-corrected chi connectivity index (χ3v) is 3.57. The summed E-state index contributed by atoms with van der Waals surface area (Å²) in [7, 11) is 3.46. The molecular weight excluding hydrogens is 290 g/mol. The number of unbranched alkanes of at least 4 members (excludes halogenated alkanes) is 1. The molecule has 0 atom stereocenters. The van der Waals surface area contributed by atoms with Crippen molar-refractivity contribution in [2.45, 2.75) is 19.8 Å². The average molecular weight is 313 g/mol. The molecule has 1 heterocycles. The second-order valence-corrected chi connectivity index (χ2v) is 5.37. The van der Waals surface area contributed by atoms with Gasteiger partial charge in [0.15, 0.2) is 0 Å². The molecule has 0 saturated heterocycles. The second-order valence-electron chi connectivity index (χ2n) is 5.37. The van der Waals surface area contributed by atoms with Crippen LogP contribution in [0.1, 0.15) is 30.1 Å². The number of amides is 1. The van der Waals surface area contributed by atoms with E-state index in [0.717, 1.165) is 30.8 Å². The zero-order chi connectivity index (χ0) is 16.7. The van der Waals surface area contributed by atoms with Gasteiger partial charge >= 0.3 is 0 Å². The molecule has 0 aliphatic heterocycles. The van der Waals surface area contributed by atoms with Crippen LogP contribution >= 0.6 is 0 Å². The Bertz CT molecular complexity index is 624. The summed E-state index contributed by atoms with van der Waals surface area (Å²) in [5, 5.41) is 3.19. The number of methoxy groups -OCH3 is 1. The minimum absolute atomic E-state index is 0.00180. The van der Waals surface area contributed by atoms with Crippen LogP contribution in [0.4, 0.5) is 11.5 Å². The van der Waals surface area contributed by atoms with Crippen molar-refractivity contribution in [1.29, 1.82) is 0 Å². The van der Waals surface area contributed by atoms with Crippen molar-refractivity contribution in [3.05, 3.63) is 48.2 Å². The van der Waals surface area contributed by atoms with Gasteiger partial charge in [-0.05, 0) is 42.8 Å². The third-order valence-electron chi connectivity index (χ3n) is 3.57. The molecule has 0 aliphatic carbocycles. The van der Waals surface area contributed by atoms with Crippen molar-refractivity contribution in [2.75, 3.05) is 26.0 Å². The van der Waals surface area contributed by atoms with Gasteiger partial charge in [0.2, 0.25) is 0 Å². The lowest BCUT2D eigenvalue weighted by molar-refractivity contribution is 0.0793. The highest BCUT2D eigenvalue weighted by Crippen LogP contribution is 2.19. The van der Waals surface area contributed by atoms with Crippen LogP contribution in [0.25, 0.3) is 0 Å². The summed E-state index contributed by atoms with van der Waals surface area (Å²) >= 11 is 0. The number of hydrogen-bond acceptors (Lipinski definition) is 4. The highest BCUT2D eigenvalue weighted by Gasteiger charge is 2.11. The first kappa shape index (κ1) is 16.8. The van der Waals surface area contributed by atoms with Gasteiger partial charge in [-0.1, -0.05) is 13.3 Å². The number of anilines is 2. The van der Waals surface area contributed by atoms with Gasteiger partial charge in [0, 0.05) is 25.5 Å². The van der Waals surface area contributed by atoms with Crippen molar-refractivity contribution >= 4 is 17.4 Å². The van der Waals surface area contributed by atoms with E-state index in [9.17, 15) is 4.79 Å². The van der Waals surface area contributed by atoms with Gasteiger partial charge in [0.25, 0.3) is 5.91 Å². The van der Waals surface area contributed by atoms with Crippen LogP contribution in [0.5, 0.6) is 5.75 Å². The summed E-state index contributed by atoms with van der Waals surface area (Å²) in [5.41, 5.74) is 1.52. The molecule has 1 amide bonds. The zero-order valence-corrected chi connectivity index (χ0v) is 13.9. The number of rotatable bonds is 7. The number of ether oxygens (including phenoxy) is 1. The van der Waals surface area contributed by atoms with E-state index in [0.29, 0.717) is 11.4 Å². The number of nitrogens with one attached hydrogen (secondary N) is 1. The SMILES string of the molecule is CCCCN(C)C(=O)c1ccc(Nc2ccc(OC)cc2)nc1. The summed E-state index contributed by atoms with van der Waals surface area (Å²) in [6.45, 7) is 2.88. The second kappa shape index (κ2) is 8.17. The Morgan fingerprint density at radius 3 is 2.52 bits per heavy atom. The van der Waals surface area contributed by atoms with Crippen LogP contribution in [0.3, 0.4) is 0 Å². The monoisotopic (exact) mass is 313 g/mol. The van der Waals surface area contributed by atoms with Crippen molar-refractivity contribution in [3.8, 4) is 5.75 Å². The Kier molecular flexibility index (Phi) is 5.97. The van der Waals surface area contributed by atoms with Gasteiger partial charge in [-0.25, -0.2) is 4.98 Å². The fraction of sp³-hybridized carbons (Fsp3) is 0.333. The van der Waals surface area contributed by atoms with E-state index >= 15 is 0 Å². The molecular formula is C18H23N3O2. The van der Waals surface area contributed by atoms with Crippen LogP contribution in [-0.2, 0) is 0 Å². The molecule has 0 fully saturated rings. The van der Waals surface area contributed by atoms with Gasteiger partial charge in [-0.3, -0.25) is 4.79 Å². The average Bonchev–Trinajstić information content (AvgIpc) is 2.60. The summed E-state index contributed by atoms with van der Waals surface area (Å²) in [4.78, 5) is 18.3. The van der Waals surface area contributed by atoms with E-state index in [2.05, 4.69) is 17.2 Å². The first-order chi connectivity index (χ1) is 11.1. The number of pyridine rings is 1. The number of carbonyl (C=O) groups excluding carboxylic acids is 1. The number of carbonyl (C=O) groups is 1. The van der Waals surface area contributed by atoms with Gasteiger partial charge in [0.05, 0.1) is 12.7 Å². The Hall–Kier alpha value is -2.56. The molecule has 1 N–H and O–H groups in total. The fourth-order valence-electron chi connectivity index (χ4n) is 2.13. The van der Waals surface area contributed by atoms with E-state index in [1.807, 2.05) is 37.4 Å². The molecule has 2 rings (SSSR count). The van der Waals surface area contributed by atoms with Crippen molar-refractivity contribution in [3.63, 3.8) is 0 Å². The quantitative estimate of drug-likeness (QED) is 0.846. The molecule has 1 aromatic heterocycles. The lowest BCUT2D eigenvalue weighted by Gasteiger charge is -2.16. The molecule has 0 aliphatic rings. The molecule has 122 valence electrons. The highest BCUT2D eigenvalue weighted by molar-refractivity contribution is 5.93. The van der Waals surface area contributed by atoms with Crippen LogP contribution in [-0.4, -0.2) is 36.5 Å². The van der Waals surface area contributed by atoms with E-state index < -0.39 is 0 Å². The molecule has 0 radical (unpaired) electrons. The molecule has 0 bridgehead atoms. The summed E-state index contributed by atoms with van der Waals surface area (Å²) < 4.78 is 5.13. The van der Waals surface area contributed by atoms with Crippen molar-refractivity contribution in [1.82, 2.24) is 9.88 Å². The smallest absolute Gasteiger partial charge is 0.255 e. The Morgan fingerprint density at radius 2 is 1.96 bits per heavy atom. The Balaban J connectivity index is 1.99. The largest absolute Gasteiger partial charge is 0.497 e. The standard InChI is InChI=1S/C18H23N3O2/c1-4-5-12-21(2)18(22)14-6-11-17(19-13-14)20-15-7-9-16(23-3)10-8-15/h6-11,13H,4-5,12H2,1-3H3,(H,19,20). The lowest BCUT2D eigenvalue weighted by Crippen LogP contribution is -2.27. The summed E-state index contributed by atoms with van der Waals surface area (Å²) in [6, 6.07) is 11.2. The number of benzene rings is 1. The Labute approximate surface area is 137 Å². The highest BCUT2D eigenvalue weighted by atomic mass is 16.5. The van der Waals surface area contributed by atoms with E-state index in [1.165, 1.54) is 0 Å². The fourth-order valence-corrected chi connectivity index (χ4v) is 2.13. The number of hydrogen-bond donors (Lipinski definition) is 1. The van der Waals surface area contributed by atoms with Crippen LogP contribution in [0.15, 0.2) is 42.6 Å². The van der Waals surface area contributed by atoms with Crippen LogP contribution < -0.4 is 10.1 Å². The van der Waals surface area contributed by atoms with Crippen LogP contribution in [0.2, 0.25) is 0 Å². The van der Waals surface area contributed by atoms with Crippen molar-refractivity contribution in [2.24, 2.45) is 0 Å².